The molecule has 0 radical (unpaired) electrons. The van der Waals surface area contributed by atoms with E-state index in [0.29, 0.717) is 16.5 Å². The fraction of sp³-hybridized carbons (Fsp3) is 0.250. The van der Waals surface area contributed by atoms with E-state index in [2.05, 4.69) is 5.32 Å². The van der Waals surface area contributed by atoms with Gasteiger partial charge in [0.05, 0.1) is 7.11 Å². The van der Waals surface area contributed by atoms with Crippen LogP contribution in [0.3, 0.4) is 0 Å². The molecule has 0 saturated heterocycles. The Bertz CT molecular complexity index is 634. The van der Waals surface area contributed by atoms with Gasteiger partial charge in [0.1, 0.15) is 0 Å². The molecule has 0 aliphatic carbocycles. The molecule has 0 bridgehead atoms. The second-order valence-electron chi connectivity index (χ2n) is 4.68. The lowest BCUT2D eigenvalue weighted by atomic mass is 9.98. The van der Waals surface area contributed by atoms with Gasteiger partial charge < -0.3 is 10.1 Å². The van der Waals surface area contributed by atoms with Crippen LogP contribution in [0.25, 0.3) is 0 Å². The van der Waals surface area contributed by atoms with Gasteiger partial charge in [0, 0.05) is 16.1 Å². The summed E-state index contributed by atoms with van der Waals surface area (Å²) in [5.41, 5.74) is 1.74. The molecule has 0 fully saturated rings. The van der Waals surface area contributed by atoms with Gasteiger partial charge in [-0.3, -0.25) is 0 Å². The number of benzene rings is 2. The fourth-order valence-corrected chi connectivity index (χ4v) is 2.60. The first-order valence-electron chi connectivity index (χ1n) is 6.49. The van der Waals surface area contributed by atoms with Crippen molar-refractivity contribution in [1.29, 1.82) is 0 Å². The molecule has 1 N–H and O–H groups in total. The molecular formula is C16H16Cl2FNO. The van der Waals surface area contributed by atoms with Crippen LogP contribution in [0.4, 0.5) is 4.39 Å². The number of methoxy groups -OCH3 is 1. The van der Waals surface area contributed by atoms with E-state index in [0.717, 1.165) is 11.1 Å². The van der Waals surface area contributed by atoms with E-state index in [1.54, 1.807) is 18.2 Å². The molecular weight excluding hydrogens is 312 g/mol. The van der Waals surface area contributed by atoms with Gasteiger partial charge >= 0.3 is 0 Å². The number of hydrogen-bond acceptors (Lipinski definition) is 2. The summed E-state index contributed by atoms with van der Waals surface area (Å²) >= 11 is 12.2. The molecule has 0 aromatic heterocycles. The first-order chi connectivity index (χ1) is 10.0. The standard InChI is InChI=1S/C16H16Cl2FNO/c1-20-15(9-11-7-12(17)4-5-13(11)18)10-3-6-16(21-2)14(19)8-10/h3-8,15,20H,9H2,1-2H3. The summed E-state index contributed by atoms with van der Waals surface area (Å²) in [7, 11) is 3.27. The molecule has 0 aliphatic heterocycles. The SMILES string of the molecule is CNC(Cc1cc(Cl)ccc1Cl)c1ccc(OC)c(F)c1. The molecule has 2 aromatic carbocycles. The summed E-state index contributed by atoms with van der Waals surface area (Å²) in [4.78, 5) is 0. The molecule has 0 heterocycles. The molecule has 2 rings (SSSR count). The number of hydrogen-bond donors (Lipinski definition) is 1. The van der Waals surface area contributed by atoms with E-state index in [9.17, 15) is 4.39 Å². The maximum atomic E-state index is 13.8. The van der Waals surface area contributed by atoms with Crippen LogP contribution in [-0.4, -0.2) is 14.2 Å². The third-order valence-electron chi connectivity index (χ3n) is 3.36. The quantitative estimate of drug-likeness (QED) is 0.863. The first-order valence-corrected chi connectivity index (χ1v) is 7.25. The Hall–Kier alpha value is -1.29. The number of halogens is 3. The van der Waals surface area contributed by atoms with Gasteiger partial charge in [0.2, 0.25) is 0 Å². The van der Waals surface area contributed by atoms with Gasteiger partial charge in [0.25, 0.3) is 0 Å². The van der Waals surface area contributed by atoms with Crippen LogP contribution >= 0.6 is 23.2 Å². The number of rotatable bonds is 5. The lowest BCUT2D eigenvalue weighted by molar-refractivity contribution is 0.385. The molecule has 21 heavy (non-hydrogen) atoms. The van der Waals surface area contributed by atoms with E-state index in [4.69, 9.17) is 27.9 Å². The average molecular weight is 328 g/mol. The van der Waals surface area contributed by atoms with Crippen LogP contribution in [0, 0.1) is 5.82 Å². The predicted molar refractivity (Wildman–Crippen MR) is 84.9 cm³/mol. The monoisotopic (exact) mass is 327 g/mol. The van der Waals surface area contributed by atoms with Gasteiger partial charge in [0.15, 0.2) is 11.6 Å². The van der Waals surface area contributed by atoms with Crippen LogP contribution in [0.2, 0.25) is 10.0 Å². The first kappa shape index (κ1) is 16.1. The molecule has 2 aromatic rings. The molecule has 1 unspecified atom stereocenters. The number of nitrogens with one attached hydrogen (secondary N) is 1. The minimum Gasteiger partial charge on any atom is -0.494 e. The summed E-state index contributed by atoms with van der Waals surface area (Å²) in [5.74, 6) is -0.151. The van der Waals surface area contributed by atoms with E-state index in [-0.39, 0.29) is 17.6 Å². The second-order valence-corrected chi connectivity index (χ2v) is 5.52. The van der Waals surface area contributed by atoms with Crippen molar-refractivity contribution in [1.82, 2.24) is 5.32 Å². The Labute approximate surface area is 133 Å². The highest BCUT2D eigenvalue weighted by molar-refractivity contribution is 6.33. The minimum atomic E-state index is -0.382. The fourth-order valence-electron chi connectivity index (χ4n) is 2.21. The third kappa shape index (κ3) is 3.88. The van der Waals surface area contributed by atoms with Crippen molar-refractivity contribution in [3.63, 3.8) is 0 Å². The summed E-state index contributed by atoms with van der Waals surface area (Å²) in [5, 5.41) is 4.45. The summed E-state index contributed by atoms with van der Waals surface area (Å²) in [6.07, 6.45) is 0.613. The van der Waals surface area contributed by atoms with Gasteiger partial charge in [-0.15, -0.1) is 0 Å². The lowest BCUT2D eigenvalue weighted by Gasteiger charge is -2.18. The van der Waals surface area contributed by atoms with Crippen molar-refractivity contribution in [2.24, 2.45) is 0 Å². The Kier molecular flexibility index (Phi) is 5.45. The zero-order valence-corrected chi connectivity index (χ0v) is 13.3. The molecule has 0 amide bonds. The number of ether oxygens (including phenoxy) is 1. The summed E-state index contributed by atoms with van der Waals surface area (Å²) < 4.78 is 18.8. The normalized spacial score (nSPS) is 12.2. The van der Waals surface area contributed by atoms with E-state index in [1.165, 1.54) is 13.2 Å². The van der Waals surface area contributed by atoms with Crippen molar-refractivity contribution in [2.75, 3.05) is 14.2 Å². The maximum Gasteiger partial charge on any atom is 0.165 e. The molecule has 2 nitrogen and oxygen atoms in total. The van der Waals surface area contributed by atoms with Crippen molar-refractivity contribution in [3.05, 3.63) is 63.4 Å². The topological polar surface area (TPSA) is 21.3 Å². The van der Waals surface area contributed by atoms with Crippen molar-refractivity contribution >= 4 is 23.2 Å². The van der Waals surface area contributed by atoms with E-state index in [1.807, 2.05) is 19.2 Å². The predicted octanol–water partition coefficient (Wildman–Crippen LogP) is 4.64. The van der Waals surface area contributed by atoms with Crippen LogP contribution in [-0.2, 0) is 6.42 Å². The van der Waals surface area contributed by atoms with Crippen LogP contribution in [0.5, 0.6) is 5.75 Å². The Morgan fingerprint density at radius 3 is 2.57 bits per heavy atom. The third-order valence-corrected chi connectivity index (χ3v) is 3.96. The largest absolute Gasteiger partial charge is 0.494 e. The average Bonchev–Trinajstić information content (AvgIpc) is 2.48. The smallest absolute Gasteiger partial charge is 0.165 e. The zero-order chi connectivity index (χ0) is 15.4. The molecule has 0 aliphatic rings. The maximum absolute atomic E-state index is 13.8. The molecule has 5 heteroatoms. The molecule has 1 atom stereocenters. The van der Waals surface area contributed by atoms with Crippen LogP contribution < -0.4 is 10.1 Å². The summed E-state index contributed by atoms with van der Waals surface area (Å²) in [6, 6.07) is 10.2. The Morgan fingerprint density at radius 2 is 1.95 bits per heavy atom. The Balaban J connectivity index is 2.27. The van der Waals surface area contributed by atoms with E-state index >= 15 is 0 Å². The van der Waals surface area contributed by atoms with Gasteiger partial charge in [-0.1, -0.05) is 29.3 Å². The highest BCUT2D eigenvalue weighted by atomic mass is 35.5. The lowest BCUT2D eigenvalue weighted by Crippen LogP contribution is -2.19. The van der Waals surface area contributed by atoms with Crippen LogP contribution in [0.1, 0.15) is 17.2 Å². The molecule has 0 saturated carbocycles. The van der Waals surface area contributed by atoms with E-state index < -0.39 is 0 Å². The second kappa shape index (κ2) is 7.12. The Morgan fingerprint density at radius 1 is 1.19 bits per heavy atom. The number of likely N-dealkylation sites (N-methyl/N-ethyl adjacent to an activating group) is 1. The molecule has 112 valence electrons. The van der Waals surface area contributed by atoms with Gasteiger partial charge in [-0.05, 0) is 54.9 Å². The zero-order valence-electron chi connectivity index (χ0n) is 11.8. The summed E-state index contributed by atoms with van der Waals surface area (Å²) in [6.45, 7) is 0. The minimum absolute atomic E-state index is 0.0682. The van der Waals surface area contributed by atoms with Crippen molar-refractivity contribution < 1.29 is 9.13 Å². The van der Waals surface area contributed by atoms with Crippen molar-refractivity contribution in [3.8, 4) is 5.75 Å². The van der Waals surface area contributed by atoms with Crippen LogP contribution in [0.15, 0.2) is 36.4 Å². The highest BCUT2D eigenvalue weighted by Gasteiger charge is 2.15. The van der Waals surface area contributed by atoms with Crippen molar-refractivity contribution in [2.45, 2.75) is 12.5 Å². The van der Waals surface area contributed by atoms with Gasteiger partial charge in [-0.25, -0.2) is 4.39 Å². The molecule has 0 spiro atoms. The van der Waals surface area contributed by atoms with Gasteiger partial charge in [-0.2, -0.15) is 0 Å². The highest BCUT2D eigenvalue weighted by Crippen LogP contribution is 2.28.